The van der Waals surface area contributed by atoms with Crippen molar-refractivity contribution >= 4 is 11.8 Å². The Morgan fingerprint density at radius 2 is 1.22 bits per heavy atom. The molecule has 0 unspecified atom stereocenters. The Kier molecular flexibility index (Phi) is 28.5. The van der Waals surface area contributed by atoms with Gasteiger partial charge in [0.1, 0.15) is 6.54 Å². The number of quaternary nitrogens is 1. The molecule has 0 saturated heterocycles. The normalized spacial score (nSPS) is 12.0. The third kappa shape index (κ3) is 29.0. The van der Waals surface area contributed by atoms with Crippen molar-refractivity contribution in [3.8, 4) is 0 Å². The van der Waals surface area contributed by atoms with Gasteiger partial charge in [-0.1, -0.05) is 83.8 Å². The van der Waals surface area contributed by atoms with E-state index in [2.05, 4.69) is 30.2 Å². The lowest BCUT2D eigenvalue weighted by Gasteiger charge is -2.28. The maximum atomic E-state index is 12.2. The van der Waals surface area contributed by atoms with Crippen LogP contribution in [0.1, 0.15) is 118 Å². The predicted octanol–water partition coefficient (Wildman–Crippen LogP) is 3.53. The van der Waals surface area contributed by atoms with Gasteiger partial charge in [0.25, 0.3) is 5.91 Å². The van der Waals surface area contributed by atoms with Gasteiger partial charge in [-0.2, -0.15) is 5.43 Å². The number of carbonyl (C=O) groups is 2. The molecule has 0 aliphatic carbocycles. The summed E-state index contributed by atoms with van der Waals surface area (Å²) in [4.78, 5) is 24.8. The largest absolute Gasteiger partial charge is 1.00 e. The summed E-state index contributed by atoms with van der Waals surface area (Å²) in [7, 11) is 8.14. The van der Waals surface area contributed by atoms with Gasteiger partial charge in [-0.25, -0.2) is 4.59 Å². The van der Waals surface area contributed by atoms with Crippen LogP contribution in [0.2, 0.25) is 0 Å². The number of halogens is 1. The first kappa shape index (κ1) is 40.1. The Hall–Kier alpha value is -1.37. The molecule has 0 rings (SSSR count). The van der Waals surface area contributed by atoms with Crippen LogP contribution in [0.5, 0.6) is 0 Å². The number of rotatable bonds is 20. The number of nitrogens with one attached hydrogen (secondary N) is 1. The van der Waals surface area contributed by atoms with Gasteiger partial charge in [0, 0.05) is 11.1 Å². The fourth-order valence-electron chi connectivity index (χ4n) is 3.85. The molecule has 0 heterocycles. The van der Waals surface area contributed by atoms with E-state index < -0.39 is 0 Å². The monoisotopic (exact) mass is 544 g/mol. The zero-order chi connectivity index (χ0) is 27.8. The molecule has 3 N–H and O–H groups in total. The second kappa shape index (κ2) is 26.2. The third-order valence-electron chi connectivity index (χ3n) is 6.20. The van der Waals surface area contributed by atoms with Crippen molar-refractivity contribution in [2.75, 3.05) is 41.3 Å². The summed E-state index contributed by atoms with van der Waals surface area (Å²) >= 11 is 0. The summed E-state index contributed by atoms with van der Waals surface area (Å²) < 4.78 is 0.554. The van der Waals surface area contributed by atoms with Crippen LogP contribution in [0, 0.1) is 0 Å². The summed E-state index contributed by atoms with van der Waals surface area (Å²) in [6.45, 7) is 10.1. The molecule has 0 aliphatic heterocycles. The van der Waals surface area contributed by atoms with Crippen molar-refractivity contribution < 1.29 is 26.6 Å². The van der Waals surface area contributed by atoms with Crippen molar-refractivity contribution in [2.24, 2.45) is 5.73 Å². The standard InChI is InChI=1S/C21H42N2O.C9H18N2O.ClH/c1-6-8-9-10-11-12-13-14-15-16-17-18-20(3)21(24)22-23(4,5)19-7-2;1-8(9(10)12)6-4-5-7-11(2)3;/h18H,6-17,19H2,1-5H3;6H,4-5,7H2,1-3H3,(H2,10,12);1H. The van der Waals surface area contributed by atoms with E-state index in [4.69, 9.17) is 5.73 Å². The minimum atomic E-state index is -0.320. The highest BCUT2D eigenvalue weighted by molar-refractivity contribution is 5.92. The van der Waals surface area contributed by atoms with E-state index in [-0.39, 0.29) is 24.2 Å². The molecule has 0 aromatic carbocycles. The lowest BCUT2D eigenvalue weighted by molar-refractivity contribution is -0.925. The molecule has 0 aliphatic rings. The van der Waals surface area contributed by atoms with E-state index in [9.17, 15) is 9.59 Å². The van der Waals surface area contributed by atoms with Gasteiger partial charge in [0.15, 0.2) is 0 Å². The Bertz CT molecular complexity index is 631. The van der Waals surface area contributed by atoms with Gasteiger partial charge in [0.2, 0.25) is 5.91 Å². The third-order valence-corrected chi connectivity index (χ3v) is 6.20. The highest BCUT2D eigenvalue weighted by Crippen LogP contribution is 2.12. The van der Waals surface area contributed by atoms with Crippen molar-refractivity contribution in [1.29, 1.82) is 0 Å². The Balaban J connectivity index is -0.000000751. The molecule has 0 bridgehead atoms. The minimum absolute atomic E-state index is 0. The Morgan fingerprint density at radius 3 is 1.68 bits per heavy atom. The van der Waals surface area contributed by atoms with Crippen LogP contribution in [0.25, 0.3) is 0 Å². The average Bonchev–Trinajstić information content (AvgIpc) is 2.79. The predicted molar refractivity (Wildman–Crippen MR) is 156 cm³/mol. The van der Waals surface area contributed by atoms with Crippen LogP contribution in [0.3, 0.4) is 0 Å². The molecule has 220 valence electrons. The van der Waals surface area contributed by atoms with E-state index in [1.807, 2.05) is 41.2 Å². The van der Waals surface area contributed by atoms with Crippen LogP contribution < -0.4 is 23.6 Å². The average molecular weight is 545 g/mol. The molecule has 0 fully saturated rings. The van der Waals surface area contributed by atoms with E-state index in [0.29, 0.717) is 10.2 Å². The van der Waals surface area contributed by atoms with Gasteiger partial charge in [-0.05, 0) is 66.6 Å². The molecular formula is C30H61ClN4O2. The van der Waals surface area contributed by atoms with Crippen LogP contribution in [0.4, 0.5) is 0 Å². The summed E-state index contributed by atoms with van der Waals surface area (Å²) in [5, 5.41) is 0. The number of primary amides is 1. The number of nitrogens with zero attached hydrogens (tertiary/aromatic N) is 2. The highest BCUT2D eigenvalue weighted by Gasteiger charge is 2.18. The fourth-order valence-corrected chi connectivity index (χ4v) is 3.85. The van der Waals surface area contributed by atoms with E-state index in [1.165, 1.54) is 64.2 Å². The maximum absolute atomic E-state index is 12.2. The lowest BCUT2D eigenvalue weighted by Crippen LogP contribution is -3.00. The first-order valence-electron chi connectivity index (χ1n) is 14.4. The zero-order valence-corrected chi connectivity index (χ0v) is 26.4. The topological polar surface area (TPSA) is 75.4 Å². The van der Waals surface area contributed by atoms with Gasteiger partial charge < -0.3 is 23.0 Å². The first-order chi connectivity index (χ1) is 17.0. The number of allylic oxidation sites excluding steroid dienone is 2. The van der Waals surface area contributed by atoms with Gasteiger partial charge in [-0.15, -0.1) is 0 Å². The molecule has 0 spiro atoms. The van der Waals surface area contributed by atoms with Crippen LogP contribution in [-0.2, 0) is 9.59 Å². The van der Waals surface area contributed by atoms with Crippen LogP contribution in [0.15, 0.2) is 23.3 Å². The zero-order valence-electron chi connectivity index (χ0n) is 25.6. The molecule has 2 amide bonds. The van der Waals surface area contributed by atoms with E-state index in [0.717, 1.165) is 44.3 Å². The number of nitrogens with two attached hydrogens (primary N) is 1. The van der Waals surface area contributed by atoms with E-state index in [1.54, 1.807) is 6.92 Å². The fraction of sp³-hybridized carbons (Fsp3) is 0.800. The van der Waals surface area contributed by atoms with Crippen molar-refractivity contribution in [3.05, 3.63) is 23.3 Å². The molecule has 7 heteroatoms. The molecule has 0 aromatic heterocycles. The number of amides is 2. The lowest BCUT2D eigenvalue weighted by atomic mass is 10.1. The quantitative estimate of drug-likeness (QED) is 0.107. The van der Waals surface area contributed by atoms with Crippen molar-refractivity contribution in [2.45, 2.75) is 118 Å². The molecule has 0 saturated carbocycles. The molecule has 37 heavy (non-hydrogen) atoms. The van der Waals surface area contributed by atoms with Gasteiger partial charge in [0.05, 0.1) is 14.1 Å². The maximum Gasteiger partial charge on any atom is 0.291 e. The molecule has 0 atom stereocenters. The Labute approximate surface area is 236 Å². The van der Waals surface area contributed by atoms with Crippen LogP contribution >= 0.6 is 0 Å². The van der Waals surface area contributed by atoms with Gasteiger partial charge >= 0.3 is 0 Å². The minimum Gasteiger partial charge on any atom is -1.00 e. The summed E-state index contributed by atoms with van der Waals surface area (Å²) in [5.74, 6) is -0.250. The number of carbonyl (C=O) groups excluding carboxylic acids is 2. The smallest absolute Gasteiger partial charge is 0.291 e. The first-order valence-corrected chi connectivity index (χ1v) is 14.4. The number of unbranched alkanes of at least 4 members (excludes halogenated alkanes) is 11. The van der Waals surface area contributed by atoms with Crippen LogP contribution in [-0.4, -0.2) is 62.6 Å². The molecule has 6 nitrogen and oxygen atoms in total. The van der Waals surface area contributed by atoms with Crippen molar-refractivity contribution in [1.82, 2.24) is 10.3 Å². The molecule has 0 radical (unpaired) electrons. The highest BCUT2D eigenvalue weighted by atomic mass is 35.5. The second-order valence-corrected chi connectivity index (χ2v) is 10.9. The summed E-state index contributed by atoms with van der Waals surface area (Å²) in [6, 6.07) is 0. The molecular weight excluding hydrogens is 484 g/mol. The van der Waals surface area contributed by atoms with E-state index >= 15 is 0 Å². The number of hydrogen-bond donors (Lipinski definition) is 2. The second-order valence-electron chi connectivity index (χ2n) is 10.9. The molecule has 0 aromatic rings. The van der Waals surface area contributed by atoms with Gasteiger partial charge in [-0.3, -0.25) is 9.59 Å². The summed E-state index contributed by atoms with van der Waals surface area (Å²) in [6.07, 6.45) is 21.6. The Morgan fingerprint density at radius 1 is 0.757 bits per heavy atom. The SMILES string of the molecule is CC(=CCCCN(C)C)C(N)=O.CCCCCCCCCCCCC=C(C)C(=O)N[N+](C)(C)CCC.[Cl-]. The van der Waals surface area contributed by atoms with Crippen molar-refractivity contribution in [3.63, 3.8) is 0 Å². The summed E-state index contributed by atoms with van der Waals surface area (Å²) in [5.41, 5.74) is 9.65. The number of hydrogen-bond acceptors (Lipinski definition) is 3.